The standard InChI is InChI=1S/C12H15FN4/c1-8(2)11-10(13)5-9(6-14)12(16-11)15-7-17(3)4/h5,7-8H,1-4H3/b15-7-. The fourth-order valence-electron chi connectivity index (χ4n) is 1.25. The topological polar surface area (TPSA) is 52.3 Å². The zero-order chi connectivity index (χ0) is 13.0. The van der Waals surface area contributed by atoms with E-state index in [4.69, 9.17) is 5.26 Å². The van der Waals surface area contributed by atoms with Gasteiger partial charge in [-0.05, 0) is 12.0 Å². The number of hydrogen-bond acceptors (Lipinski definition) is 3. The van der Waals surface area contributed by atoms with E-state index >= 15 is 0 Å². The molecule has 1 rings (SSSR count). The minimum Gasteiger partial charge on any atom is -0.369 e. The molecular weight excluding hydrogens is 219 g/mol. The highest BCUT2D eigenvalue weighted by Crippen LogP contribution is 2.23. The molecule has 1 aromatic rings. The number of nitriles is 1. The van der Waals surface area contributed by atoms with Crippen LogP contribution >= 0.6 is 0 Å². The Morgan fingerprint density at radius 1 is 1.53 bits per heavy atom. The summed E-state index contributed by atoms with van der Waals surface area (Å²) in [6, 6.07) is 3.08. The average Bonchev–Trinajstić information content (AvgIpc) is 2.26. The molecule has 17 heavy (non-hydrogen) atoms. The van der Waals surface area contributed by atoms with Crippen LogP contribution in [0.25, 0.3) is 0 Å². The predicted octanol–water partition coefficient (Wildman–Crippen LogP) is 2.44. The molecule has 1 heterocycles. The van der Waals surface area contributed by atoms with Gasteiger partial charge in [0.2, 0.25) is 0 Å². The minimum absolute atomic E-state index is 0.0453. The molecule has 0 radical (unpaired) electrons. The molecule has 0 aliphatic heterocycles. The van der Waals surface area contributed by atoms with Crippen molar-refractivity contribution < 1.29 is 4.39 Å². The molecular formula is C12H15FN4. The highest BCUT2D eigenvalue weighted by Gasteiger charge is 2.13. The summed E-state index contributed by atoms with van der Waals surface area (Å²) in [5, 5.41) is 8.89. The van der Waals surface area contributed by atoms with Gasteiger partial charge < -0.3 is 4.90 Å². The van der Waals surface area contributed by atoms with Crippen LogP contribution in [0, 0.1) is 17.1 Å². The van der Waals surface area contributed by atoms with Crippen molar-refractivity contribution in [2.24, 2.45) is 4.99 Å². The fraction of sp³-hybridized carbons (Fsp3) is 0.417. The molecule has 0 N–H and O–H groups in total. The van der Waals surface area contributed by atoms with Gasteiger partial charge in [0.1, 0.15) is 11.9 Å². The van der Waals surface area contributed by atoms with Crippen LogP contribution in [0.4, 0.5) is 10.2 Å². The molecule has 1 aromatic heterocycles. The van der Waals surface area contributed by atoms with Crippen LogP contribution < -0.4 is 0 Å². The van der Waals surface area contributed by atoms with Crippen LogP contribution in [-0.4, -0.2) is 30.3 Å². The first-order valence-corrected chi connectivity index (χ1v) is 5.26. The minimum atomic E-state index is -0.458. The molecule has 90 valence electrons. The molecule has 0 unspecified atom stereocenters. The van der Waals surface area contributed by atoms with Gasteiger partial charge in [0.15, 0.2) is 5.82 Å². The van der Waals surface area contributed by atoms with Gasteiger partial charge in [0.05, 0.1) is 17.6 Å². The largest absolute Gasteiger partial charge is 0.369 e. The normalized spacial score (nSPS) is 10.9. The zero-order valence-corrected chi connectivity index (χ0v) is 10.4. The Hall–Kier alpha value is -1.96. The van der Waals surface area contributed by atoms with Gasteiger partial charge >= 0.3 is 0 Å². The molecule has 0 spiro atoms. The number of halogens is 1. The summed E-state index contributed by atoms with van der Waals surface area (Å²) < 4.78 is 13.6. The van der Waals surface area contributed by atoms with Crippen molar-refractivity contribution in [2.45, 2.75) is 19.8 Å². The lowest BCUT2D eigenvalue weighted by molar-refractivity contribution is 0.584. The monoisotopic (exact) mass is 234 g/mol. The van der Waals surface area contributed by atoms with E-state index in [2.05, 4.69) is 9.98 Å². The van der Waals surface area contributed by atoms with Crippen LogP contribution in [0.15, 0.2) is 11.1 Å². The quantitative estimate of drug-likeness (QED) is 0.596. The maximum atomic E-state index is 13.6. The third-order valence-electron chi connectivity index (χ3n) is 2.06. The van der Waals surface area contributed by atoms with Crippen molar-refractivity contribution in [3.05, 3.63) is 23.1 Å². The summed E-state index contributed by atoms with van der Waals surface area (Å²) >= 11 is 0. The molecule has 0 saturated heterocycles. The maximum Gasteiger partial charge on any atom is 0.171 e. The first kappa shape index (κ1) is 13.1. The number of rotatable bonds is 3. The number of aromatic nitrogens is 1. The third-order valence-corrected chi connectivity index (χ3v) is 2.06. The van der Waals surface area contributed by atoms with E-state index in [1.54, 1.807) is 4.90 Å². The molecule has 0 aromatic carbocycles. The summed E-state index contributed by atoms with van der Waals surface area (Å²) in [5.74, 6) is -0.247. The molecule has 0 aliphatic carbocycles. The fourth-order valence-corrected chi connectivity index (χ4v) is 1.25. The van der Waals surface area contributed by atoms with E-state index in [-0.39, 0.29) is 17.3 Å². The van der Waals surface area contributed by atoms with Gasteiger partial charge in [0.25, 0.3) is 0 Å². The third kappa shape index (κ3) is 3.25. The molecule has 0 amide bonds. The SMILES string of the molecule is CC(C)c1nc(/N=C\N(C)C)c(C#N)cc1F. The van der Waals surface area contributed by atoms with Crippen LogP contribution in [-0.2, 0) is 0 Å². The highest BCUT2D eigenvalue weighted by atomic mass is 19.1. The highest BCUT2D eigenvalue weighted by molar-refractivity contribution is 5.62. The van der Waals surface area contributed by atoms with Gasteiger partial charge in [0, 0.05) is 14.1 Å². The second kappa shape index (κ2) is 5.39. The molecule has 4 nitrogen and oxygen atoms in total. The Morgan fingerprint density at radius 2 is 2.18 bits per heavy atom. The lowest BCUT2D eigenvalue weighted by atomic mass is 10.1. The van der Waals surface area contributed by atoms with Crippen molar-refractivity contribution >= 4 is 12.2 Å². The number of hydrogen-bond donors (Lipinski definition) is 0. The summed E-state index contributed by atoms with van der Waals surface area (Å²) in [5.41, 5.74) is 0.472. The van der Waals surface area contributed by atoms with E-state index in [0.717, 1.165) is 0 Å². The van der Waals surface area contributed by atoms with Gasteiger partial charge in [-0.3, -0.25) is 0 Å². The number of aliphatic imine (C=N–C) groups is 1. The predicted molar refractivity (Wildman–Crippen MR) is 64.8 cm³/mol. The van der Waals surface area contributed by atoms with Crippen molar-refractivity contribution in [2.75, 3.05) is 14.1 Å². The Morgan fingerprint density at radius 3 is 2.65 bits per heavy atom. The molecule has 5 heteroatoms. The van der Waals surface area contributed by atoms with Crippen molar-refractivity contribution in [1.82, 2.24) is 9.88 Å². The van der Waals surface area contributed by atoms with Crippen molar-refractivity contribution in [1.29, 1.82) is 5.26 Å². The molecule has 0 bridgehead atoms. The second-order valence-electron chi connectivity index (χ2n) is 4.20. The maximum absolute atomic E-state index is 13.6. The average molecular weight is 234 g/mol. The first-order valence-electron chi connectivity index (χ1n) is 5.26. The van der Waals surface area contributed by atoms with E-state index < -0.39 is 5.82 Å². The van der Waals surface area contributed by atoms with Crippen LogP contribution in [0.3, 0.4) is 0 Å². The van der Waals surface area contributed by atoms with Crippen molar-refractivity contribution in [3.8, 4) is 6.07 Å². The van der Waals surface area contributed by atoms with Crippen LogP contribution in [0.1, 0.15) is 31.0 Å². The molecule has 0 atom stereocenters. The van der Waals surface area contributed by atoms with E-state index in [1.807, 2.05) is 34.0 Å². The Kier molecular flexibility index (Phi) is 4.16. The number of pyridine rings is 1. The number of nitrogens with zero attached hydrogens (tertiary/aromatic N) is 4. The van der Waals surface area contributed by atoms with Gasteiger partial charge in [-0.15, -0.1) is 0 Å². The summed E-state index contributed by atoms with van der Waals surface area (Å²) in [6.07, 6.45) is 1.53. The van der Waals surface area contributed by atoms with Gasteiger partial charge in [-0.25, -0.2) is 14.4 Å². The lowest BCUT2D eigenvalue weighted by Gasteiger charge is -2.08. The molecule has 0 fully saturated rings. The second-order valence-corrected chi connectivity index (χ2v) is 4.20. The first-order chi connectivity index (χ1) is 7.95. The smallest absolute Gasteiger partial charge is 0.171 e. The van der Waals surface area contributed by atoms with E-state index in [1.165, 1.54) is 12.4 Å². The van der Waals surface area contributed by atoms with Crippen LogP contribution in [0.2, 0.25) is 0 Å². The summed E-state index contributed by atoms with van der Waals surface area (Å²) in [7, 11) is 3.62. The van der Waals surface area contributed by atoms with E-state index in [9.17, 15) is 4.39 Å². The molecule has 0 saturated carbocycles. The van der Waals surface area contributed by atoms with E-state index in [0.29, 0.717) is 5.69 Å². The van der Waals surface area contributed by atoms with Gasteiger partial charge in [-0.1, -0.05) is 13.8 Å². The Balaban J connectivity index is 3.28. The summed E-state index contributed by atoms with van der Waals surface area (Å²) in [4.78, 5) is 9.88. The zero-order valence-electron chi connectivity index (χ0n) is 10.4. The summed E-state index contributed by atoms with van der Waals surface area (Å²) in [6.45, 7) is 3.69. The van der Waals surface area contributed by atoms with Gasteiger partial charge in [-0.2, -0.15) is 5.26 Å². The van der Waals surface area contributed by atoms with Crippen molar-refractivity contribution in [3.63, 3.8) is 0 Å². The Labute approximate surface area is 100 Å². The van der Waals surface area contributed by atoms with Crippen LogP contribution in [0.5, 0.6) is 0 Å². The lowest BCUT2D eigenvalue weighted by Crippen LogP contribution is -2.07. The molecule has 0 aliphatic rings. The Bertz CT molecular complexity index is 472.